The molecule has 1 aromatic heterocycles. The van der Waals surface area contributed by atoms with Crippen LogP contribution in [0.2, 0.25) is 0 Å². The molecule has 1 aliphatic carbocycles. The number of carbonyl (C=O) groups is 2. The molecule has 200 valence electrons. The van der Waals surface area contributed by atoms with Gasteiger partial charge in [0.25, 0.3) is 5.91 Å². The highest BCUT2D eigenvalue weighted by Crippen LogP contribution is 2.40. The van der Waals surface area contributed by atoms with Crippen molar-refractivity contribution < 1.29 is 32.6 Å². The number of ether oxygens (including phenoxy) is 1. The van der Waals surface area contributed by atoms with Gasteiger partial charge in [-0.05, 0) is 56.2 Å². The van der Waals surface area contributed by atoms with Gasteiger partial charge in [-0.15, -0.1) is 0 Å². The molecule has 2 aromatic rings. The van der Waals surface area contributed by atoms with E-state index in [9.17, 15) is 27.9 Å². The third-order valence-corrected chi connectivity index (χ3v) is 7.31. The van der Waals surface area contributed by atoms with E-state index in [0.29, 0.717) is 13.0 Å². The Morgan fingerprint density at radius 3 is 2.49 bits per heavy atom. The van der Waals surface area contributed by atoms with Crippen LogP contribution in [0.1, 0.15) is 60.6 Å². The summed E-state index contributed by atoms with van der Waals surface area (Å²) >= 11 is 0. The fourth-order valence-electron chi connectivity index (χ4n) is 5.21. The molecule has 7 nitrogen and oxygen atoms in total. The Morgan fingerprint density at radius 1 is 1.08 bits per heavy atom. The van der Waals surface area contributed by atoms with E-state index in [1.54, 1.807) is 29.2 Å². The summed E-state index contributed by atoms with van der Waals surface area (Å²) < 4.78 is 45.0. The van der Waals surface area contributed by atoms with E-state index >= 15 is 0 Å². The first-order chi connectivity index (χ1) is 17.8. The maximum atomic E-state index is 13.1. The molecule has 2 N–H and O–H groups in total. The smallest absolute Gasteiger partial charge is 0.391 e. The topological polar surface area (TPSA) is 91.8 Å². The van der Waals surface area contributed by atoms with E-state index in [1.165, 1.54) is 6.20 Å². The monoisotopic (exact) mass is 519 g/mol. The second-order valence-electron chi connectivity index (χ2n) is 9.70. The number of likely N-dealkylation sites (tertiary alicyclic amines) is 1. The number of aliphatic hydroxyl groups excluding tert-OH is 1. The molecule has 2 fully saturated rings. The highest BCUT2D eigenvalue weighted by molar-refractivity contribution is 5.95. The number of alkyl halides is 3. The SMILES string of the molecule is O=C(N[C@H](CO)c1ccccc1)c1ncccc1OC[C@H]1CCCN1C(=O)[C@H]1CC[C@H](C(F)(F)F)CC1. The Morgan fingerprint density at radius 2 is 1.81 bits per heavy atom. The number of nitrogens with one attached hydrogen (secondary N) is 1. The lowest BCUT2D eigenvalue weighted by Crippen LogP contribution is -2.44. The summed E-state index contributed by atoms with van der Waals surface area (Å²) in [7, 11) is 0. The Balaban J connectivity index is 1.36. The van der Waals surface area contributed by atoms with E-state index in [2.05, 4.69) is 10.3 Å². The number of halogens is 3. The standard InChI is InChI=1S/C27H32F3N3O4/c28-27(29,30)20-12-10-19(11-13-20)26(36)33-15-5-8-21(33)17-37-23-9-4-14-31-24(23)25(35)32-22(16-34)18-6-2-1-3-7-18/h1-4,6-7,9,14,19-22,34H,5,8,10-13,15-17H2,(H,32,35)/t19-,20-,21-,22-/m1/s1. The zero-order valence-corrected chi connectivity index (χ0v) is 20.5. The molecule has 1 saturated carbocycles. The molecule has 1 aliphatic heterocycles. The van der Waals surface area contributed by atoms with Crippen molar-refractivity contribution in [2.75, 3.05) is 19.8 Å². The average molecular weight is 520 g/mol. The molecular weight excluding hydrogens is 487 g/mol. The van der Waals surface area contributed by atoms with Crippen molar-refractivity contribution in [2.45, 2.75) is 56.8 Å². The highest BCUT2D eigenvalue weighted by atomic mass is 19.4. The summed E-state index contributed by atoms with van der Waals surface area (Å²) in [6.45, 7) is 0.405. The summed E-state index contributed by atoms with van der Waals surface area (Å²) in [4.78, 5) is 32.0. The van der Waals surface area contributed by atoms with Crippen LogP contribution in [-0.4, -0.2) is 58.8 Å². The number of aromatic nitrogens is 1. The van der Waals surface area contributed by atoms with Crippen LogP contribution in [0.3, 0.4) is 0 Å². The van der Waals surface area contributed by atoms with Gasteiger partial charge in [-0.3, -0.25) is 9.59 Å². The van der Waals surface area contributed by atoms with Gasteiger partial charge in [-0.25, -0.2) is 4.98 Å². The zero-order chi connectivity index (χ0) is 26.4. The molecule has 0 bridgehead atoms. The molecule has 0 spiro atoms. The van der Waals surface area contributed by atoms with E-state index in [-0.39, 0.29) is 62.3 Å². The molecule has 1 aromatic carbocycles. The summed E-state index contributed by atoms with van der Waals surface area (Å²) in [5, 5.41) is 12.6. The van der Waals surface area contributed by atoms with Crippen LogP contribution in [-0.2, 0) is 4.79 Å². The molecule has 0 radical (unpaired) electrons. The number of carbonyl (C=O) groups excluding carboxylic acids is 2. The fourth-order valence-corrected chi connectivity index (χ4v) is 5.21. The first-order valence-electron chi connectivity index (χ1n) is 12.7. The van der Waals surface area contributed by atoms with Crippen molar-refractivity contribution in [1.82, 2.24) is 15.2 Å². The van der Waals surface area contributed by atoms with Crippen LogP contribution in [0.4, 0.5) is 13.2 Å². The average Bonchev–Trinajstić information content (AvgIpc) is 3.39. The lowest BCUT2D eigenvalue weighted by Gasteiger charge is -2.33. The van der Waals surface area contributed by atoms with Crippen molar-refractivity contribution >= 4 is 11.8 Å². The second-order valence-corrected chi connectivity index (χ2v) is 9.70. The molecule has 4 rings (SSSR count). The molecule has 2 aliphatic rings. The minimum Gasteiger partial charge on any atom is -0.489 e. The summed E-state index contributed by atoms with van der Waals surface area (Å²) in [6.07, 6.45) is -0.771. The van der Waals surface area contributed by atoms with Gasteiger partial charge in [0.2, 0.25) is 5.91 Å². The summed E-state index contributed by atoms with van der Waals surface area (Å²) in [5.41, 5.74) is 0.819. The number of benzene rings is 1. The number of rotatable bonds is 8. The zero-order valence-electron chi connectivity index (χ0n) is 20.5. The van der Waals surface area contributed by atoms with Crippen LogP contribution in [0.25, 0.3) is 0 Å². The fraction of sp³-hybridized carbons (Fsp3) is 0.519. The maximum absolute atomic E-state index is 13.1. The molecule has 2 atom stereocenters. The number of pyridine rings is 1. The molecule has 10 heteroatoms. The molecular formula is C27H32F3N3O4. The predicted octanol–water partition coefficient (Wildman–Crippen LogP) is 4.28. The van der Waals surface area contributed by atoms with Crippen molar-refractivity contribution in [1.29, 1.82) is 0 Å². The number of hydrogen-bond donors (Lipinski definition) is 2. The largest absolute Gasteiger partial charge is 0.489 e. The van der Waals surface area contributed by atoms with Crippen LogP contribution < -0.4 is 10.1 Å². The minimum atomic E-state index is -4.20. The first kappa shape index (κ1) is 26.9. The van der Waals surface area contributed by atoms with Crippen LogP contribution in [0.15, 0.2) is 48.7 Å². The van der Waals surface area contributed by atoms with Gasteiger partial charge in [-0.2, -0.15) is 13.2 Å². The van der Waals surface area contributed by atoms with Crippen molar-refractivity contribution in [3.8, 4) is 5.75 Å². The summed E-state index contributed by atoms with van der Waals surface area (Å²) in [6, 6.07) is 11.5. The Hall–Kier alpha value is -3.14. The molecule has 2 amide bonds. The Kier molecular flexibility index (Phi) is 8.68. The third kappa shape index (κ3) is 6.60. The van der Waals surface area contributed by atoms with Crippen molar-refractivity contribution in [3.05, 3.63) is 59.9 Å². The van der Waals surface area contributed by atoms with E-state index in [0.717, 1.165) is 12.0 Å². The molecule has 0 unspecified atom stereocenters. The number of hydrogen-bond acceptors (Lipinski definition) is 5. The van der Waals surface area contributed by atoms with Crippen molar-refractivity contribution in [3.63, 3.8) is 0 Å². The van der Waals surface area contributed by atoms with Gasteiger partial charge in [0.15, 0.2) is 11.4 Å². The van der Waals surface area contributed by atoms with E-state index in [4.69, 9.17) is 4.74 Å². The number of amides is 2. The normalized spacial score (nSPS) is 22.9. The van der Waals surface area contributed by atoms with Gasteiger partial charge < -0.3 is 20.1 Å². The van der Waals surface area contributed by atoms with Gasteiger partial charge in [0.05, 0.1) is 24.6 Å². The highest BCUT2D eigenvalue weighted by Gasteiger charge is 2.44. The van der Waals surface area contributed by atoms with Crippen LogP contribution >= 0.6 is 0 Å². The number of aliphatic hydroxyl groups is 1. The van der Waals surface area contributed by atoms with E-state index in [1.807, 2.05) is 18.2 Å². The molecule has 2 heterocycles. The Bertz CT molecular complexity index is 1060. The summed E-state index contributed by atoms with van der Waals surface area (Å²) in [5.74, 6) is -2.07. The maximum Gasteiger partial charge on any atom is 0.391 e. The van der Waals surface area contributed by atoms with E-state index < -0.39 is 30.0 Å². The van der Waals surface area contributed by atoms with Crippen LogP contribution in [0.5, 0.6) is 5.75 Å². The lowest BCUT2D eigenvalue weighted by molar-refractivity contribution is -0.185. The third-order valence-electron chi connectivity index (χ3n) is 7.31. The quantitative estimate of drug-likeness (QED) is 0.543. The lowest BCUT2D eigenvalue weighted by atomic mass is 9.81. The van der Waals surface area contributed by atoms with Crippen molar-refractivity contribution in [2.24, 2.45) is 11.8 Å². The predicted molar refractivity (Wildman–Crippen MR) is 130 cm³/mol. The molecule has 37 heavy (non-hydrogen) atoms. The minimum absolute atomic E-state index is 0.0130. The second kappa shape index (κ2) is 11.9. The van der Waals surface area contributed by atoms with Gasteiger partial charge in [-0.1, -0.05) is 30.3 Å². The van der Waals surface area contributed by atoms with Gasteiger partial charge in [0.1, 0.15) is 6.61 Å². The first-order valence-corrected chi connectivity index (χ1v) is 12.7. The number of nitrogens with zero attached hydrogens (tertiary/aromatic N) is 2. The molecule has 1 saturated heterocycles. The van der Waals surface area contributed by atoms with Crippen LogP contribution in [0, 0.1) is 11.8 Å². The van der Waals surface area contributed by atoms with Gasteiger partial charge >= 0.3 is 6.18 Å². The Labute approximate surface area is 214 Å². The van der Waals surface area contributed by atoms with Gasteiger partial charge in [0, 0.05) is 18.7 Å².